The van der Waals surface area contributed by atoms with Crippen LogP contribution in [0.5, 0.6) is 0 Å². The fraction of sp³-hybridized carbons (Fsp3) is 0.471. The van der Waals surface area contributed by atoms with Gasteiger partial charge in [0.15, 0.2) is 0 Å². The van der Waals surface area contributed by atoms with Gasteiger partial charge in [-0.3, -0.25) is 4.79 Å². The van der Waals surface area contributed by atoms with E-state index in [0.717, 1.165) is 44.1 Å². The topological polar surface area (TPSA) is 66.3 Å². The Labute approximate surface area is 155 Å². The number of nitrogens with one attached hydrogen (secondary N) is 1. The first-order valence-electron chi connectivity index (χ1n) is 8.46. The van der Waals surface area contributed by atoms with Crippen molar-refractivity contribution < 1.29 is 0 Å². The largest absolute Gasteiger partial charge is 0.379 e. The maximum atomic E-state index is 11.9. The number of pyridine rings is 1. The predicted octanol–water partition coefficient (Wildman–Crippen LogP) is 1.69. The monoisotopic (exact) mass is 406 g/mol. The quantitative estimate of drug-likeness (QED) is 0.814. The Bertz CT molecular complexity index is 768. The van der Waals surface area contributed by atoms with E-state index in [0.29, 0.717) is 16.7 Å². The van der Waals surface area contributed by atoms with Gasteiger partial charge >= 0.3 is 0 Å². The van der Waals surface area contributed by atoms with Crippen LogP contribution in [0, 0.1) is 0 Å². The minimum absolute atomic E-state index is 0.162. The van der Waals surface area contributed by atoms with Crippen molar-refractivity contribution >= 4 is 27.4 Å². The summed E-state index contributed by atoms with van der Waals surface area (Å²) in [5.74, 6) is 1.02. The number of hydrogen-bond acceptors (Lipinski definition) is 6. The van der Waals surface area contributed by atoms with E-state index < -0.39 is 0 Å². The molecule has 8 heteroatoms. The maximum Gasteiger partial charge on any atom is 0.282 e. The van der Waals surface area contributed by atoms with Crippen LogP contribution in [-0.4, -0.2) is 52.4 Å². The molecule has 1 aliphatic heterocycles. The van der Waals surface area contributed by atoms with Crippen LogP contribution in [-0.2, 0) is 13.6 Å². The van der Waals surface area contributed by atoms with Gasteiger partial charge in [0.25, 0.3) is 5.56 Å². The molecule has 1 N–H and O–H groups in total. The van der Waals surface area contributed by atoms with E-state index in [2.05, 4.69) is 60.2 Å². The van der Waals surface area contributed by atoms with Crippen LogP contribution in [0.25, 0.3) is 0 Å². The van der Waals surface area contributed by atoms with E-state index in [1.807, 2.05) is 6.20 Å². The first-order chi connectivity index (χ1) is 12.1. The van der Waals surface area contributed by atoms with Crippen LogP contribution in [0.1, 0.15) is 12.5 Å². The molecule has 1 aliphatic rings. The molecule has 3 heterocycles. The van der Waals surface area contributed by atoms with Gasteiger partial charge in [0, 0.05) is 46.0 Å². The molecule has 1 saturated heterocycles. The fourth-order valence-electron chi connectivity index (χ4n) is 2.83. The Kier molecular flexibility index (Phi) is 5.70. The second-order valence-corrected chi connectivity index (χ2v) is 6.89. The third-order valence-corrected chi connectivity index (χ3v) is 5.28. The number of halogens is 1. The van der Waals surface area contributed by atoms with Crippen LogP contribution in [0.3, 0.4) is 0 Å². The summed E-state index contributed by atoms with van der Waals surface area (Å²) in [5, 5.41) is 7.25. The third-order valence-electron chi connectivity index (χ3n) is 4.51. The van der Waals surface area contributed by atoms with Gasteiger partial charge in [-0.2, -0.15) is 5.10 Å². The van der Waals surface area contributed by atoms with Crippen LogP contribution in [0.4, 0.5) is 11.5 Å². The highest BCUT2D eigenvalue weighted by molar-refractivity contribution is 9.10. The Balaban J connectivity index is 1.60. The molecule has 25 heavy (non-hydrogen) atoms. The molecule has 0 radical (unpaired) electrons. The zero-order chi connectivity index (χ0) is 17.8. The van der Waals surface area contributed by atoms with Crippen LogP contribution < -0.4 is 15.8 Å². The summed E-state index contributed by atoms with van der Waals surface area (Å²) in [6.45, 7) is 8.11. The summed E-state index contributed by atoms with van der Waals surface area (Å²) < 4.78 is 1.78. The van der Waals surface area contributed by atoms with Crippen molar-refractivity contribution in [1.82, 2.24) is 19.7 Å². The molecule has 0 amide bonds. The molecule has 2 aromatic rings. The first kappa shape index (κ1) is 17.9. The van der Waals surface area contributed by atoms with Crippen LogP contribution in [0.2, 0.25) is 0 Å². The second-order valence-electron chi connectivity index (χ2n) is 6.10. The minimum atomic E-state index is -0.162. The van der Waals surface area contributed by atoms with Gasteiger partial charge in [-0.15, -0.1) is 0 Å². The van der Waals surface area contributed by atoms with Gasteiger partial charge in [-0.1, -0.05) is 13.0 Å². The van der Waals surface area contributed by atoms with E-state index >= 15 is 0 Å². The number of aromatic nitrogens is 3. The fourth-order valence-corrected chi connectivity index (χ4v) is 3.33. The van der Waals surface area contributed by atoms with E-state index in [4.69, 9.17) is 0 Å². The molecule has 0 aliphatic carbocycles. The molecule has 0 aromatic carbocycles. The summed E-state index contributed by atoms with van der Waals surface area (Å²) in [4.78, 5) is 21.2. The first-order valence-corrected chi connectivity index (χ1v) is 9.25. The number of rotatable bonds is 5. The number of aryl methyl sites for hydroxylation is 1. The molecule has 0 atom stereocenters. The van der Waals surface area contributed by atoms with Crippen molar-refractivity contribution in [2.24, 2.45) is 7.05 Å². The molecule has 0 saturated carbocycles. The van der Waals surface area contributed by atoms with Gasteiger partial charge < -0.3 is 15.1 Å². The summed E-state index contributed by atoms with van der Waals surface area (Å²) in [5.41, 5.74) is 1.58. The van der Waals surface area contributed by atoms with Crippen molar-refractivity contribution in [3.8, 4) is 0 Å². The third kappa shape index (κ3) is 4.19. The average molecular weight is 407 g/mol. The highest BCUT2D eigenvalue weighted by Gasteiger charge is 2.16. The lowest BCUT2D eigenvalue weighted by atomic mass is 10.2. The number of nitrogens with zero attached hydrogens (tertiary/aromatic N) is 5. The molecule has 7 nitrogen and oxygen atoms in total. The highest BCUT2D eigenvalue weighted by Crippen LogP contribution is 2.18. The van der Waals surface area contributed by atoms with E-state index in [9.17, 15) is 4.79 Å². The van der Waals surface area contributed by atoms with Gasteiger partial charge in [0.2, 0.25) is 0 Å². The normalized spacial score (nSPS) is 15.4. The Hall–Kier alpha value is -1.93. The zero-order valence-corrected chi connectivity index (χ0v) is 16.2. The second kappa shape index (κ2) is 7.97. The van der Waals surface area contributed by atoms with Crippen LogP contribution in [0.15, 0.2) is 33.8 Å². The van der Waals surface area contributed by atoms with Gasteiger partial charge in [0.05, 0.1) is 11.9 Å². The van der Waals surface area contributed by atoms with Crippen molar-refractivity contribution in [2.75, 3.05) is 42.9 Å². The number of hydrogen-bond donors (Lipinski definition) is 1. The van der Waals surface area contributed by atoms with Gasteiger partial charge in [-0.05, 0) is 34.1 Å². The van der Waals surface area contributed by atoms with E-state index in [1.165, 1.54) is 4.68 Å². The van der Waals surface area contributed by atoms with E-state index in [-0.39, 0.29) is 5.56 Å². The summed E-state index contributed by atoms with van der Waals surface area (Å²) >= 11 is 3.32. The summed E-state index contributed by atoms with van der Waals surface area (Å²) in [6.07, 6.45) is 3.53. The minimum Gasteiger partial charge on any atom is -0.379 e. The SMILES string of the molecule is CCN1CCN(c2ccc(CNc3cnn(C)c(=O)c3Br)cn2)CC1. The molecular formula is C17H23BrN6O. The lowest BCUT2D eigenvalue weighted by Crippen LogP contribution is -2.46. The lowest BCUT2D eigenvalue weighted by Gasteiger charge is -2.34. The van der Waals surface area contributed by atoms with Crippen molar-refractivity contribution in [2.45, 2.75) is 13.5 Å². The molecule has 0 spiro atoms. The highest BCUT2D eigenvalue weighted by atomic mass is 79.9. The molecule has 3 rings (SSSR count). The van der Waals surface area contributed by atoms with Crippen LogP contribution >= 0.6 is 15.9 Å². The van der Waals surface area contributed by atoms with Crippen molar-refractivity contribution in [3.05, 3.63) is 44.9 Å². The lowest BCUT2D eigenvalue weighted by molar-refractivity contribution is 0.270. The molecule has 1 fully saturated rings. The Morgan fingerprint density at radius 1 is 1.20 bits per heavy atom. The number of piperazine rings is 1. The number of anilines is 2. The average Bonchev–Trinajstić information content (AvgIpc) is 2.66. The molecular weight excluding hydrogens is 384 g/mol. The van der Waals surface area contributed by atoms with Crippen molar-refractivity contribution in [1.29, 1.82) is 0 Å². The molecule has 2 aromatic heterocycles. The van der Waals surface area contributed by atoms with Gasteiger partial charge in [0.1, 0.15) is 10.3 Å². The molecule has 0 unspecified atom stereocenters. The maximum absolute atomic E-state index is 11.9. The zero-order valence-electron chi connectivity index (χ0n) is 14.6. The molecule has 134 valence electrons. The van der Waals surface area contributed by atoms with Gasteiger partial charge in [-0.25, -0.2) is 9.67 Å². The Morgan fingerprint density at radius 3 is 2.60 bits per heavy atom. The number of likely N-dealkylation sites (N-methyl/N-ethyl adjacent to an activating group) is 1. The smallest absolute Gasteiger partial charge is 0.282 e. The Morgan fingerprint density at radius 2 is 1.96 bits per heavy atom. The standard InChI is InChI=1S/C17H23BrN6O/c1-3-23-6-8-24(9-7-23)15-5-4-13(11-20-15)10-19-14-12-21-22(2)17(25)16(14)18/h4-5,11-12,19H,3,6-10H2,1-2H3. The summed E-state index contributed by atoms with van der Waals surface area (Å²) in [7, 11) is 1.62. The van der Waals surface area contributed by atoms with E-state index in [1.54, 1.807) is 13.2 Å². The summed E-state index contributed by atoms with van der Waals surface area (Å²) in [6, 6.07) is 4.14. The van der Waals surface area contributed by atoms with Crippen molar-refractivity contribution in [3.63, 3.8) is 0 Å². The predicted molar refractivity (Wildman–Crippen MR) is 103 cm³/mol. The molecule has 0 bridgehead atoms.